The zero-order chi connectivity index (χ0) is 17.6. The summed E-state index contributed by atoms with van der Waals surface area (Å²) < 4.78 is 0. The van der Waals surface area contributed by atoms with Crippen LogP contribution in [0.3, 0.4) is 0 Å². The Labute approximate surface area is 154 Å². The molecule has 25 heavy (non-hydrogen) atoms. The number of hydrogen-bond acceptors (Lipinski definition) is 3. The van der Waals surface area contributed by atoms with Crippen molar-refractivity contribution in [2.75, 3.05) is 13.1 Å². The number of nitrogens with one attached hydrogen (secondary N) is 2. The second kappa shape index (κ2) is 8.68. The van der Waals surface area contributed by atoms with E-state index in [-0.39, 0.29) is 24.5 Å². The van der Waals surface area contributed by atoms with Crippen molar-refractivity contribution in [2.24, 2.45) is 0 Å². The number of halogens is 1. The zero-order valence-electron chi connectivity index (χ0n) is 14.5. The lowest BCUT2D eigenvalue weighted by molar-refractivity contribution is -0.121. The van der Waals surface area contributed by atoms with Crippen LogP contribution in [0.4, 0.5) is 4.79 Å². The molecule has 0 bridgehead atoms. The number of urea groups is 1. The SMILES string of the molecule is O=C(CN1CCCC1Cc1ccccc1Cl)NC(=O)NC1CCCC1. The molecular formula is C19H26ClN3O2. The quantitative estimate of drug-likeness (QED) is 0.845. The largest absolute Gasteiger partial charge is 0.335 e. The molecule has 3 rings (SSSR count). The summed E-state index contributed by atoms with van der Waals surface area (Å²) >= 11 is 6.26. The number of carbonyl (C=O) groups is 2. The fourth-order valence-electron chi connectivity index (χ4n) is 3.89. The van der Waals surface area contributed by atoms with Gasteiger partial charge in [-0.2, -0.15) is 0 Å². The molecule has 136 valence electrons. The van der Waals surface area contributed by atoms with Crippen LogP contribution in [-0.4, -0.2) is 42.0 Å². The van der Waals surface area contributed by atoms with Gasteiger partial charge in [0.2, 0.25) is 5.91 Å². The van der Waals surface area contributed by atoms with Crippen LogP contribution in [0.5, 0.6) is 0 Å². The Kier molecular flexibility index (Phi) is 6.32. The third-order valence-electron chi connectivity index (χ3n) is 5.20. The van der Waals surface area contributed by atoms with Crippen molar-refractivity contribution < 1.29 is 9.59 Å². The van der Waals surface area contributed by atoms with E-state index in [1.807, 2.05) is 24.3 Å². The molecule has 5 nitrogen and oxygen atoms in total. The average Bonchev–Trinajstić information content (AvgIpc) is 3.22. The Morgan fingerprint density at radius 2 is 1.88 bits per heavy atom. The van der Waals surface area contributed by atoms with E-state index in [4.69, 9.17) is 11.6 Å². The molecule has 2 aliphatic rings. The van der Waals surface area contributed by atoms with Gasteiger partial charge in [0.15, 0.2) is 0 Å². The lowest BCUT2D eigenvalue weighted by Crippen LogP contribution is -2.48. The molecule has 0 spiro atoms. The summed E-state index contributed by atoms with van der Waals surface area (Å²) in [5.74, 6) is -0.235. The zero-order valence-corrected chi connectivity index (χ0v) is 15.2. The summed E-state index contributed by atoms with van der Waals surface area (Å²) in [7, 11) is 0. The van der Waals surface area contributed by atoms with Gasteiger partial charge < -0.3 is 5.32 Å². The minimum absolute atomic E-state index is 0.215. The van der Waals surface area contributed by atoms with Gasteiger partial charge in [-0.05, 0) is 50.3 Å². The third-order valence-corrected chi connectivity index (χ3v) is 5.57. The van der Waals surface area contributed by atoms with Gasteiger partial charge in [-0.25, -0.2) is 4.79 Å². The van der Waals surface area contributed by atoms with E-state index >= 15 is 0 Å². The number of likely N-dealkylation sites (tertiary alicyclic amines) is 1. The van der Waals surface area contributed by atoms with Crippen molar-refractivity contribution in [3.8, 4) is 0 Å². The van der Waals surface area contributed by atoms with E-state index in [1.54, 1.807) is 0 Å². The van der Waals surface area contributed by atoms with Crippen LogP contribution >= 0.6 is 11.6 Å². The molecule has 1 atom stereocenters. The fraction of sp³-hybridized carbons (Fsp3) is 0.579. The van der Waals surface area contributed by atoms with Gasteiger partial charge in [0.25, 0.3) is 0 Å². The number of benzene rings is 1. The van der Waals surface area contributed by atoms with Crippen LogP contribution < -0.4 is 10.6 Å². The number of amides is 3. The predicted octanol–water partition coefficient (Wildman–Crippen LogP) is 3.12. The maximum Gasteiger partial charge on any atom is 0.321 e. The van der Waals surface area contributed by atoms with Gasteiger partial charge in [0, 0.05) is 17.1 Å². The van der Waals surface area contributed by atoms with Gasteiger partial charge in [0.1, 0.15) is 0 Å². The summed E-state index contributed by atoms with van der Waals surface area (Å²) in [6.07, 6.45) is 7.26. The van der Waals surface area contributed by atoms with E-state index in [9.17, 15) is 9.59 Å². The summed E-state index contributed by atoms with van der Waals surface area (Å²) in [5, 5.41) is 6.13. The van der Waals surface area contributed by atoms with Crippen molar-refractivity contribution in [3.63, 3.8) is 0 Å². The standard InChI is InChI=1S/C19H26ClN3O2/c20-17-10-4-1-6-14(17)12-16-9-5-11-23(16)13-18(24)22-19(25)21-15-7-2-3-8-15/h1,4,6,10,15-16H,2-3,5,7-9,11-13H2,(H2,21,22,24,25). The van der Waals surface area contributed by atoms with Crippen LogP contribution in [0.15, 0.2) is 24.3 Å². The average molecular weight is 364 g/mol. The monoisotopic (exact) mass is 363 g/mol. The van der Waals surface area contributed by atoms with Crippen LogP contribution in [0, 0.1) is 0 Å². The third kappa shape index (κ3) is 5.19. The molecule has 1 saturated carbocycles. The first-order chi connectivity index (χ1) is 12.1. The van der Waals surface area contributed by atoms with E-state index in [0.717, 1.165) is 62.1 Å². The lowest BCUT2D eigenvalue weighted by atomic mass is 10.0. The molecule has 1 aliphatic heterocycles. The maximum atomic E-state index is 12.2. The molecule has 1 aliphatic carbocycles. The molecule has 2 N–H and O–H groups in total. The molecule has 1 unspecified atom stereocenters. The van der Waals surface area contributed by atoms with Gasteiger partial charge in [-0.1, -0.05) is 42.6 Å². The van der Waals surface area contributed by atoms with Crippen molar-refractivity contribution in [1.29, 1.82) is 0 Å². The first-order valence-corrected chi connectivity index (χ1v) is 9.57. The lowest BCUT2D eigenvalue weighted by Gasteiger charge is -2.24. The summed E-state index contributed by atoms with van der Waals surface area (Å²) in [4.78, 5) is 26.3. The van der Waals surface area contributed by atoms with E-state index in [0.29, 0.717) is 6.04 Å². The molecule has 1 aromatic rings. The second-order valence-electron chi connectivity index (χ2n) is 7.07. The van der Waals surface area contributed by atoms with Crippen LogP contribution in [-0.2, 0) is 11.2 Å². The highest BCUT2D eigenvalue weighted by Crippen LogP contribution is 2.24. The highest BCUT2D eigenvalue weighted by atomic mass is 35.5. The summed E-state index contributed by atoms with van der Waals surface area (Å²) in [6.45, 7) is 1.14. The molecular weight excluding hydrogens is 338 g/mol. The van der Waals surface area contributed by atoms with Gasteiger partial charge in [0.05, 0.1) is 6.54 Å². The highest BCUT2D eigenvalue weighted by molar-refractivity contribution is 6.31. The Hall–Kier alpha value is -1.59. The van der Waals surface area contributed by atoms with E-state index < -0.39 is 0 Å². The van der Waals surface area contributed by atoms with Crippen LogP contribution in [0.2, 0.25) is 5.02 Å². The summed E-state index contributed by atoms with van der Waals surface area (Å²) in [5.41, 5.74) is 1.11. The number of hydrogen-bond donors (Lipinski definition) is 2. The Morgan fingerprint density at radius 3 is 2.64 bits per heavy atom. The van der Waals surface area contributed by atoms with Gasteiger partial charge in [-0.15, -0.1) is 0 Å². The Balaban J connectivity index is 1.48. The van der Waals surface area contributed by atoms with Crippen molar-refractivity contribution >= 4 is 23.5 Å². The normalized spacial score (nSPS) is 21.4. The number of rotatable bonds is 5. The van der Waals surface area contributed by atoms with E-state index in [2.05, 4.69) is 15.5 Å². The highest BCUT2D eigenvalue weighted by Gasteiger charge is 2.27. The van der Waals surface area contributed by atoms with Crippen LogP contribution in [0.1, 0.15) is 44.1 Å². The Morgan fingerprint density at radius 1 is 1.12 bits per heavy atom. The predicted molar refractivity (Wildman–Crippen MR) is 98.7 cm³/mol. The first kappa shape index (κ1) is 18.2. The van der Waals surface area contributed by atoms with Crippen LogP contribution in [0.25, 0.3) is 0 Å². The topological polar surface area (TPSA) is 61.4 Å². The molecule has 0 aromatic heterocycles. The maximum absolute atomic E-state index is 12.2. The molecule has 6 heteroatoms. The molecule has 0 radical (unpaired) electrons. The number of imide groups is 1. The van der Waals surface area contributed by atoms with Crippen molar-refractivity contribution in [3.05, 3.63) is 34.9 Å². The minimum atomic E-state index is -0.362. The number of carbonyl (C=O) groups excluding carboxylic acids is 2. The van der Waals surface area contributed by atoms with Crippen molar-refractivity contribution in [2.45, 2.75) is 57.0 Å². The molecule has 3 amide bonds. The van der Waals surface area contributed by atoms with Crippen molar-refractivity contribution in [1.82, 2.24) is 15.5 Å². The minimum Gasteiger partial charge on any atom is -0.335 e. The molecule has 1 heterocycles. The molecule has 1 aromatic carbocycles. The second-order valence-corrected chi connectivity index (χ2v) is 7.47. The summed E-state index contributed by atoms with van der Waals surface area (Å²) in [6, 6.07) is 7.99. The number of nitrogens with zero attached hydrogens (tertiary/aromatic N) is 1. The van der Waals surface area contributed by atoms with Gasteiger partial charge >= 0.3 is 6.03 Å². The molecule has 1 saturated heterocycles. The fourth-order valence-corrected chi connectivity index (χ4v) is 4.11. The Bertz CT molecular complexity index is 616. The molecule has 2 fully saturated rings. The first-order valence-electron chi connectivity index (χ1n) is 9.19. The smallest absolute Gasteiger partial charge is 0.321 e. The van der Waals surface area contributed by atoms with E-state index in [1.165, 1.54) is 0 Å². The van der Waals surface area contributed by atoms with Gasteiger partial charge in [-0.3, -0.25) is 15.0 Å².